The van der Waals surface area contributed by atoms with Gasteiger partial charge in [0.15, 0.2) is 0 Å². The second kappa shape index (κ2) is 47.8. The second-order valence-corrected chi connectivity index (χ2v) is 21.8. The molecule has 0 saturated heterocycles. The molecule has 0 aromatic rings. The standard InChI is InChI=1S/C56H109N2O6P/c1-6-8-10-12-14-16-18-20-21-22-23-24-25-26-27-28-29-30-31-32-33-34-35-36-37-38-40-42-44-46-48-50-56(60)57-54(53-64-65(61,62)63-52-51-58(3,4)5)55(59)49-47-45-43-41-39-19-17-15-13-11-9-7-2/h23-24,26-27,47,49,54-55,59H,6-22,25,28-46,48,50-53H2,1-5H3,(H-,57,60,61,62)/p+1/b24-23-,27-26-,49-47+. The Morgan fingerprint density at radius 2 is 0.877 bits per heavy atom. The molecule has 0 spiro atoms. The van der Waals surface area contributed by atoms with E-state index in [4.69, 9.17) is 9.05 Å². The van der Waals surface area contributed by atoms with Crippen LogP contribution in [0.1, 0.15) is 264 Å². The molecular formula is C56H110N2O6P+. The number of phosphoric acid groups is 1. The summed E-state index contributed by atoms with van der Waals surface area (Å²) in [5, 5.41) is 13.9. The van der Waals surface area contributed by atoms with E-state index in [1.165, 1.54) is 199 Å². The van der Waals surface area contributed by atoms with Crippen LogP contribution in [0.5, 0.6) is 0 Å². The maximum absolute atomic E-state index is 12.9. The number of quaternary nitrogens is 1. The van der Waals surface area contributed by atoms with Gasteiger partial charge in [0.25, 0.3) is 0 Å². The van der Waals surface area contributed by atoms with E-state index in [9.17, 15) is 19.4 Å². The molecule has 384 valence electrons. The van der Waals surface area contributed by atoms with Crippen LogP contribution in [0.15, 0.2) is 36.5 Å². The molecule has 0 aromatic heterocycles. The fourth-order valence-electron chi connectivity index (χ4n) is 8.19. The first-order chi connectivity index (χ1) is 31.5. The van der Waals surface area contributed by atoms with Gasteiger partial charge in [0.2, 0.25) is 5.91 Å². The van der Waals surface area contributed by atoms with Crippen molar-refractivity contribution in [3.8, 4) is 0 Å². The van der Waals surface area contributed by atoms with Crippen LogP contribution in [-0.2, 0) is 18.4 Å². The van der Waals surface area contributed by atoms with E-state index in [1.54, 1.807) is 6.08 Å². The van der Waals surface area contributed by atoms with Crippen LogP contribution in [0.2, 0.25) is 0 Å². The molecule has 0 rings (SSSR count). The third-order valence-corrected chi connectivity index (χ3v) is 13.6. The second-order valence-electron chi connectivity index (χ2n) is 20.3. The molecule has 0 aliphatic rings. The fraction of sp³-hybridized carbons (Fsp3) is 0.875. The summed E-state index contributed by atoms with van der Waals surface area (Å²) in [6.07, 6.45) is 61.1. The van der Waals surface area contributed by atoms with Crippen molar-refractivity contribution in [3.63, 3.8) is 0 Å². The monoisotopic (exact) mass is 938 g/mol. The summed E-state index contributed by atoms with van der Waals surface area (Å²) in [5.74, 6) is -0.176. The lowest BCUT2D eigenvalue weighted by molar-refractivity contribution is -0.870. The SMILES string of the molecule is CCCCCCCCCCC/C=C\C/C=C\CCCCCCCCCCCCCCCCCC(=O)NC(COP(=O)(O)OCC[N+](C)(C)C)C(O)/C=C/CCCCCCCCCCCC. The number of aliphatic hydroxyl groups is 1. The third-order valence-electron chi connectivity index (χ3n) is 12.6. The molecule has 0 bridgehead atoms. The molecule has 65 heavy (non-hydrogen) atoms. The first-order valence-corrected chi connectivity index (χ1v) is 29.4. The molecule has 3 N–H and O–H groups in total. The van der Waals surface area contributed by atoms with E-state index in [0.29, 0.717) is 17.4 Å². The number of rotatable bonds is 51. The summed E-state index contributed by atoms with van der Waals surface area (Å²) in [5.41, 5.74) is 0. The summed E-state index contributed by atoms with van der Waals surface area (Å²) in [7, 11) is 1.58. The highest BCUT2D eigenvalue weighted by molar-refractivity contribution is 7.47. The number of hydrogen-bond donors (Lipinski definition) is 3. The number of hydrogen-bond acceptors (Lipinski definition) is 5. The number of amides is 1. The van der Waals surface area contributed by atoms with Crippen LogP contribution in [0.4, 0.5) is 0 Å². The van der Waals surface area contributed by atoms with Gasteiger partial charge in [-0.05, 0) is 51.4 Å². The predicted octanol–water partition coefficient (Wildman–Crippen LogP) is 16.6. The van der Waals surface area contributed by atoms with Crippen molar-refractivity contribution in [2.75, 3.05) is 40.9 Å². The van der Waals surface area contributed by atoms with Crippen molar-refractivity contribution in [2.45, 2.75) is 276 Å². The Bertz CT molecular complexity index is 1150. The van der Waals surface area contributed by atoms with Crippen molar-refractivity contribution in [1.29, 1.82) is 0 Å². The number of carbonyl (C=O) groups excluding carboxylic acids is 1. The van der Waals surface area contributed by atoms with Gasteiger partial charge < -0.3 is 19.8 Å². The lowest BCUT2D eigenvalue weighted by Crippen LogP contribution is -2.45. The number of carbonyl (C=O) groups is 1. The minimum Gasteiger partial charge on any atom is -0.387 e. The van der Waals surface area contributed by atoms with Crippen molar-refractivity contribution in [1.82, 2.24) is 5.32 Å². The Labute approximate surface area is 404 Å². The Balaban J connectivity index is 4.04. The normalized spacial score (nSPS) is 14.3. The van der Waals surface area contributed by atoms with Crippen molar-refractivity contribution >= 4 is 13.7 Å². The molecule has 0 aliphatic carbocycles. The molecule has 3 atom stereocenters. The van der Waals surface area contributed by atoms with Crippen molar-refractivity contribution in [3.05, 3.63) is 36.5 Å². The van der Waals surface area contributed by atoms with E-state index < -0.39 is 20.0 Å². The number of nitrogens with zero attached hydrogens (tertiary/aromatic N) is 1. The highest BCUT2D eigenvalue weighted by Gasteiger charge is 2.27. The zero-order valence-corrected chi connectivity index (χ0v) is 44.6. The van der Waals surface area contributed by atoms with E-state index in [-0.39, 0.29) is 19.1 Å². The molecule has 9 heteroatoms. The van der Waals surface area contributed by atoms with Gasteiger partial charge in [-0.1, -0.05) is 243 Å². The zero-order valence-electron chi connectivity index (χ0n) is 43.7. The quantitative estimate of drug-likeness (QED) is 0.0243. The molecule has 3 unspecified atom stereocenters. The largest absolute Gasteiger partial charge is 0.472 e. The average molecular weight is 938 g/mol. The van der Waals surface area contributed by atoms with Gasteiger partial charge >= 0.3 is 7.82 Å². The highest BCUT2D eigenvalue weighted by Crippen LogP contribution is 2.43. The van der Waals surface area contributed by atoms with Gasteiger partial charge in [-0.25, -0.2) is 4.57 Å². The number of likely N-dealkylation sites (N-methyl/N-ethyl adjacent to an activating group) is 1. The summed E-state index contributed by atoms with van der Waals surface area (Å²) in [6, 6.07) is -0.844. The predicted molar refractivity (Wildman–Crippen MR) is 281 cm³/mol. The first kappa shape index (κ1) is 63.7. The van der Waals surface area contributed by atoms with Crippen LogP contribution >= 0.6 is 7.82 Å². The number of allylic oxidation sites excluding steroid dienone is 5. The molecule has 0 fully saturated rings. The van der Waals surface area contributed by atoms with E-state index in [1.807, 2.05) is 27.2 Å². The Kier molecular flexibility index (Phi) is 46.8. The molecular weight excluding hydrogens is 828 g/mol. The highest BCUT2D eigenvalue weighted by atomic mass is 31.2. The summed E-state index contributed by atoms with van der Waals surface area (Å²) in [4.78, 5) is 23.2. The Morgan fingerprint density at radius 1 is 0.523 bits per heavy atom. The zero-order chi connectivity index (χ0) is 47.8. The maximum atomic E-state index is 12.9. The topological polar surface area (TPSA) is 105 Å². The van der Waals surface area contributed by atoms with Gasteiger partial charge in [0, 0.05) is 6.42 Å². The molecule has 8 nitrogen and oxygen atoms in total. The summed E-state index contributed by atoms with van der Waals surface area (Å²) >= 11 is 0. The van der Waals surface area contributed by atoms with Crippen LogP contribution in [-0.4, -0.2) is 73.4 Å². The van der Waals surface area contributed by atoms with Crippen molar-refractivity contribution < 1.29 is 32.9 Å². The summed E-state index contributed by atoms with van der Waals surface area (Å²) in [6.45, 7) is 4.82. The number of unbranched alkanes of at least 4 members (excludes halogenated alkanes) is 34. The maximum Gasteiger partial charge on any atom is 0.472 e. The molecule has 1 amide bonds. The minimum absolute atomic E-state index is 0.0622. The van der Waals surface area contributed by atoms with Crippen molar-refractivity contribution in [2.24, 2.45) is 0 Å². The minimum atomic E-state index is -4.34. The lowest BCUT2D eigenvalue weighted by Gasteiger charge is -2.25. The Hall–Kier alpha value is -1.28. The van der Waals surface area contributed by atoms with Gasteiger partial charge in [0.1, 0.15) is 13.2 Å². The van der Waals surface area contributed by atoms with Gasteiger partial charge in [-0.15, -0.1) is 0 Å². The average Bonchev–Trinajstić information content (AvgIpc) is 3.26. The Morgan fingerprint density at radius 3 is 1.26 bits per heavy atom. The molecule has 0 aromatic carbocycles. The van der Waals surface area contributed by atoms with Gasteiger partial charge in [-0.2, -0.15) is 0 Å². The molecule has 0 saturated carbocycles. The molecule has 0 aliphatic heterocycles. The molecule has 0 heterocycles. The van der Waals surface area contributed by atoms with Gasteiger partial charge in [0.05, 0.1) is 39.9 Å². The molecule has 0 radical (unpaired) electrons. The third kappa shape index (κ3) is 50.4. The van der Waals surface area contributed by atoms with Crippen LogP contribution in [0.3, 0.4) is 0 Å². The lowest BCUT2D eigenvalue weighted by atomic mass is 10.0. The number of aliphatic hydroxyl groups excluding tert-OH is 1. The first-order valence-electron chi connectivity index (χ1n) is 27.9. The smallest absolute Gasteiger partial charge is 0.387 e. The van der Waals surface area contributed by atoms with E-state index >= 15 is 0 Å². The van der Waals surface area contributed by atoms with Crippen LogP contribution < -0.4 is 5.32 Å². The van der Waals surface area contributed by atoms with Gasteiger partial charge in [-0.3, -0.25) is 13.8 Å². The number of nitrogens with one attached hydrogen (secondary N) is 1. The van der Waals surface area contributed by atoms with Crippen LogP contribution in [0.25, 0.3) is 0 Å². The fourth-order valence-corrected chi connectivity index (χ4v) is 8.93. The number of phosphoric ester groups is 1. The van der Waals surface area contributed by atoms with E-state index in [2.05, 4.69) is 43.5 Å². The van der Waals surface area contributed by atoms with Crippen LogP contribution in [0, 0.1) is 0 Å². The van der Waals surface area contributed by atoms with E-state index in [0.717, 1.165) is 44.9 Å². The summed E-state index contributed by atoms with van der Waals surface area (Å²) < 4.78 is 23.6.